The normalized spacial score (nSPS) is 10.3. The molecule has 0 saturated heterocycles. The fraction of sp³-hybridized carbons (Fsp3) is 0.500. The third kappa shape index (κ3) is 5.16. The second kappa shape index (κ2) is 8.15. The Kier molecular flexibility index (Phi) is 6.64. The molecule has 1 aromatic rings. The van der Waals surface area contributed by atoms with Gasteiger partial charge in [-0.15, -0.1) is 0 Å². The zero-order chi connectivity index (χ0) is 11.6. The van der Waals surface area contributed by atoms with Crippen LogP contribution in [0, 0.1) is 6.58 Å². The highest BCUT2D eigenvalue weighted by Crippen LogP contribution is 2.11. The fourth-order valence-electron chi connectivity index (χ4n) is 1.88. The average Bonchev–Trinajstić information content (AvgIpc) is 2.32. The Morgan fingerprint density at radius 1 is 0.938 bits per heavy atom. The molecule has 0 fully saturated rings. The third-order valence-corrected chi connectivity index (χ3v) is 2.93. The minimum atomic E-state index is 1.01. The monoisotopic (exact) mass is 215 g/mol. The van der Waals surface area contributed by atoms with Crippen LogP contribution in [0.3, 0.4) is 0 Å². The number of allylic oxidation sites excluding steroid dienone is 1. The van der Waals surface area contributed by atoms with Crippen LogP contribution in [0.5, 0.6) is 0 Å². The molecule has 0 N–H and O–H groups in total. The lowest BCUT2D eigenvalue weighted by molar-refractivity contribution is 0.717. The van der Waals surface area contributed by atoms with Crippen molar-refractivity contribution in [1.82, 2.24) is 0 Å². The summed E-state index contributed by atoms with van der Waals surface area (Å²) in [5, 5.41) is 0. The quantitative estimate of drug-likeness (QED) is 0.550. The number of unbranched alkanes of at least 4 members (excludes halogenated alkanes) is 3. The first-order valence-corrected chi connectivity index (χ1v) is 6.48. The van der Waals surface area contributed by atoms with E-state index < -0.39 is 0 Å². The SMILES string of the molecule is [CH]=CCCCc1ccc(CCCCC)cc1. The molecule has 0 aliphatic rings. The summed E-state index contributed by atoms with van der Waals surface area (Å²) in [6.07, 6.45) is 10.2. The zero-order valence-electron chi connectivity index (χ0n) is 10.4. The molecule has 0 unspecified atom stereocenters. The molecule has 0 heteroatoms. The highest BCUT2D eigenvalue weighted by atomic mass is 14.0. The molecule has 1 radical (unpaired) electrons. The van der Waals surface area contributed by atoms with Gasteiger partial charge in [-0.05, 0) is 43.2 Å². The topological polar surface area (TPSA) is 0 Å². The summed E-state index contributed by atoms with van der Waals surface area (Å²) in [4.78, 5) is 0. The summed E-state index contributed by atoms with van der Waals surface area (Å²) >= 11 is 0. The summed E-state index contributed by atoms with van der Waals surface area (Å²) in [5.41, 5.74) is 2.91. The summed E-state index contributed by atoms with van der Waals surface area (Å²) in [5.74, 6) is 0. The number of benzene rings is 1. The van der Waals surface area contributed by atoms with Crippen LogP contribution < -0.4 is 0 Å². The largest absolute Gasteiger partial charge is 0.0845 e. The molecule has 0 amide bonds. The van der Waals surface area contributed by atoms with Crippen molar-refractivity contribution in [2.24, 2.45) is 0 Å². The van der Waals surface area contributed by atoms with Gasteiger partial charge in [0.25, 0.3) is 0 Å². The lowest BCUT2D eigenvalue weighted by Gasteiger charge is -2.03. The number of hydrogen-bond acceptors (Lipinski definition) is 0. The van der Waals surface area contributed by atoms with Crippen molar-refractivity contribution in [2.45, 2.75) is 51.9 Å². The Labute approximate surface area is 100 Å². The fourth-order valence-corrected chi connectivity index (χ4v) is 1.88. The van der Waals surface area contributed by atoms with E-state index in [1.807, 2.05) is 0 Å². The Hall–Kier alpha value is -1.04. The summed E-state index contributed by atoms with van der Waals surface area (Å²) in [6, 6.07) is 9.07. The van der Waals surface area contributed by atoms with Crippen molar-refractivity contribution in [3.63, 3.8) is 0 Å². The molecular weight excluding hydrogens is 192 g/mol. The van der Waals surface area contributed by atoms with Gasteiger partial charge in [-0.1, -0.05) is 56.7 Å². The first-order valence-electron chi connectivity index (χ1n) is 6.48. The standard InChI is InChI=1S/C16H23/c1-3-5-7-9-15-11-13-16(14-12-15)10-8-6-4-2/h1,3,11-14H,4-10H2,2H3. The molecule has 87 valence electrons. The van der Waals surface area contributed by atoms with Gasteiger partial charge in [0.1, 0.15) is 0 Å². The van der Waals surface area contributed by atoms with E-state index in [0.29, 0.717) is 0 Å². The zero-order valence-corrected chi connectivity index (χ0v) is 10.4. The molecule has 0 saturated carbocycles. The van der Waals surface area contributed by atoms with Crippen molar-refractivity contribution in [3.05, 3.63) is 48.0 Å². The lowest BCUT2D eigenvalue weighted by Crippen LogP contribution is -1.88. The van der Waals surface area contributed by atoms with Gasteiger partial charge >= 0.3 is 0 Å². The second-order valence-corrected chi connectivity index (χ2v) is 4.40. The van der Waals surface area contributed by atoms with E-state index in [9.17, 15) is 0 Å². The highest BCUT2D eigenvalue weighted by Gasteiger charge is 1.95. The van der Waals surface area contributed by atoms with E-state index in [-0.39, 0.29) is 0 Å². The average molecular weight is 215 g/mol. The van der Waals surface area contributed by atoms with Gasteiger partial charge in [0.15, 0.2) is 0 Å². The third-order valence-electron chi connectivity index (χ3n) is 2.93. The summed E-state index contributed by atoms with van der Waals surface area (Å²) in [7, 11) is 0. The summed E-state index contributed by atoms with van der Waals surface area (Å²) in [6.45, 7) is 7.61. The Morgan fingerprint density at radius 2 is 1.50 bits per heavy atom. The number of aryl methyl sites for hydroxylation is 2. The van der Waals surface area contributed by atoms with E-state index in [0.717, 1.165) is 19.3 Å². The molecular formula is C16H23. The van der Waals surface area contributed by atoms with E-state index in [1.165, 1.54) is 36.8 Å². The van der Waals surface area contributed by atoms with Crippen LogP contribution in [0.1, 0.15) is 50.2 Å². The van der Waals surface area contributed by atoms with Crippen LogP contribution in [-0.4, -0.2) is 0 Å². The minimum absolute atomic E-state index is 1.01. The Balaban J connectivity index is 2.32. The molecule has 0 nitrogen and oxygen atoms in total. The predicted octanol–water partition coefficient (Wildman–Crippen LogP) is 4.73. The minimum Gasteiger partial charge on any atom is -0.0845 e. The Bertz CT molecular complexity index is 281. The molecule has 0 aliphatic heterocycles. The second-order valence-electron chi connectivity index (χ2n) is 4.40. The number of rotatable bonds is 8. The molecule has 0 atom stereocenters. The summed E-state index contributed by atoms with van der Waals surface area (Å²) < 4.78 is 0. The molecule has 0 aliphatic carbocycles. The molecule has 0 spiro atoms. The lowest BCUT2D eigenvalue weighted by atomic mass is 10.0. The van der Waals surface area contributed by atoms with Gasteiger partial charge in [0.2, 0.25) is 0 Å². The molecule has 16 heavy (non-hydrogen) atoms. The van der Waals surface area contributed by atoms with Crippen LogP contribution in [0.4, 0.5) is 0 Å². The highest BCUT2D eigenvalue weighted by molar-refractivity contribution is 5.22. The van der Waals surface area contributed by atoms with E-state index in [1.54, 1.807) is 6.08 Å². The molecule has 1 rings (SSSR count). The van der Waals surface area contributed by atoms with Crippen LogP contribution in [0.2, 0.25) is 0 Å². The number of hydrogen-bond donors (Lipinski definition) is 0. The van der Waals surface area contributed by atoms with E-state index in [4.69, 9.17) is 6.58 Å². The van der Waals surface area contributed by atoms with Crippen molar-refractivity contribution < 1.29 is 0 Å². The van der Waals surface area contributed by atoms with Crippen LogP contribution in [0.15, 0.2) is 30.3 Å². The maximum absolute atomic E-state index is 5.36. The molecule has 0 aromatic heterocycles. The van der Waals surface area contributed by atoms with Gasteiger partial charge in [0.05, 0.1) is 0 Å². The molecule has 1 aromatic carbocycles. The maximum atomic E-state index is 5.36. The molecule has 0 bridgehead atoms. The van der Waals surface area contributed by atoms with Crippen molar-refractivity contribution >= 4 is 0 Å². The first-order chi connectivity index (χ1) is 7.86. The van der Waals surface area contributed by atoms with Crippen molar-refractivity contribution in [1.29, 1.82) is 0 Å². The van der Waals surface area contributed by atoms with Gasteiger partial charge in [-0.3, -0.25) is 0 Å². The van der Waals surface area contributed by atoms with E-state index >= 15 is 0 Å². The Morgan fingerprint density at radius 3 is 2.00 bits per heavy atom. The predicted molar refractivity (Wildman–Crippen MR) is 71.5 cm³/mol. The van der Waals surface area contributed by atoms with Crippen molar-refractivity contribution in [2.75, 3.05) is 0 Å². The van der Waals surface area contributed by atoms with Crippen LogP contribution >= 0.6 is 0 Å². The van der Waals surface area contributed by atoms with Crippen LogP contribution in [0.25, 0.3) is 0 Å². The first kappa shape index (κ1) is 13.0. The van der Waals surface area contributed by atoms with Gasteiger partial charge in [-0.25, -0.2) is 0 Å². The van der Waals surface area contributed by atoms with Gasteiger partial charge in [0, 0.05) is 0 Å². The van der Waals surface area contributed by atoms with Crippen LogP contribution in [-0.2, 0) is 12.8 Å². The smallest absolute Gasteiger partial charge is 0.0276 e. The van der Waals surface area contributed by atoms with Crippen molar-refractivity contribution in [3.8, 4) is 0 Å². The van der Waals surface area contributed by atoms with Gasteiger partial charge in [-0.2, -0.15) is 0 Å². The molecule has 0 heterocycles. The van der Waals surface area contributed by atoms with Gasteiger partial charge < -0.3 is 0 Å². The van der Waals surface area contributed by atoms with E-state index in [2.05, 4.69) is 31.2 Å². The maximum Gasteiger partial charge on any atom is -0.0276 e.